The molecule has 0 saturated carbocycles. The Balaban J connectivity index is 1.42. The Labute approximate surface area is 196 Å². The Bertz CT molecular complexity index is 1280. The van der Waals surface area contributed by atoms with Gasteiger partial charge in [0.1, 0.15) is 24.3 Å². The molecule has 0 unspecified atom stereocenters. The zero-order chi connectivity index (χ0) is 22.8. The first kappa shape index (κ1) is 21.0. The molecular formula is C27H20ClFN2O2. The summed E-state index contributed by atoms with van der Waals surface area (Å²) in [5, 5.41) is 4.13. The lowest BCUT2D eigenvalue weighted by Gasteiger charge is -2.38. The van der Waals surface area contributed by atoms with Crippen LogP contribution in [-0.4, -0.2) is 5.91 Å². The maximum Gasteiger partial charge on any atom is 0.262 e. The summed E-state index contributed by atoms with van der Waals surface area (Å²) in [5.74, 6) is 0.212. The summed E-state index contributed by atoms with van der Waals surface area (Å²) in [6.07, 6.45) is -0.455. The Kier molecular flexibility index (Phi) is 5.71. The number of ether oxygens (including phenoxy) is 1. The maximum atomic E-state index is 13.5. The van der Waals surface area contributed by atoms with Crippen molar-refractivity contribution < 1.29 is 13.9 Å². The van der Waals surface area contributed by atoms with Gasteiger partial charge >= 0.3 is 0 Å². The van der Waals surface area contributed by atoms with Crippen molar-refractivity contribution in [3.8, 4) is 5.75 Å². The Morgan fingerprint density at radius 2 is 1.58 bits per heavy atom. The number of halogens is 2. The summed E-state index contributed by atoms with van der Waals surface area (Å²) >= 11 is 5.93. The van der Waals surface area contributed by atoms with Gasteiger partial charge in [-0.25, -0.2) is 4.39 Å². The Morgan fingerprint density at radius 3 is 2.30 bits per heavy atom. The van der Waals surface area contributed by atoms with Gasteiger partial charge in [0, 0.05) is 16.4 Å². The number of para-hydroxylation sites is 1. The minimum atomic E-state index is -0.455. The van der Waals surface area contributed by atoms with E-state index in [9.17, 15) is 9.18 Å². The van der Waals surface area contributed by atoms with Crippen LogP contribution in [0.4, 0.5) is 15.8 Å². The van der Waals surface area contributed by atoms with Crippen LogP contribution in [0, 0.1) is 5.82 Å². The zero-order valence-electron chi connectivity index (χ0n) is 17.5. The van der Waals surface area contributed by atoms with Gasteiger partial charge in [-0.05, 0) is 71.8 Å². The molecule has 1 amide bonds. The Morgan fingerprint density at radius 1 is 0.879 bits per heavy atom. The van der Waals surface area contributed by atoms with Gasteiger partial charge in [0.25, 0.3) is 5.91 Å². The minimum absolute atomic E-state index is 0.149. The molecule has 0 aliphatic carbocycles. The number of amides is 1. The van der Waals surface area contributed by atoms with E-state index in [-0.39, 0.29) is 11.7 Å². The molecule has 164 valence electrons. The van der Waals surface area contributed by atoms with E-state index in [0.29, 0.717) is 28.6 Å². The second kappa shape index (κ2) is 8.96. The molecular weight excluding hydrogens is 439 g/mol. The van der Waals surface area contributed by atoms with Crippen LogP contribution < -0.4 is 15.0 Å². The number of fused-ring (bicyclic) bond motifs is 1. The second-order valence-corrected chi connectivity index (χ2v) is 8.16. The lowest BCUT2D eigenvalue weighted by Crippen LogP contribution is -2.43. The lowest BCUT2D eigenvalue weighted by molar-refractivity contribution is 0.0975. The minimum Gasteiger partial charge on any atom is -0.489 e. The zero-order valence-corrected chi connectivity index (χ0v) is 18.3. The van der Waals surface area contributed by atoms with E-state index in [0.717, 1.165) is 16.8 Å². The summed E-state index contributed by atoms with van der Waals surface area (Å²) in [6.45, 7) is 0.422. The van der Waals surface area contributed by atoms with E-state index in [1.54, 1.807) is 23.1 Å². The van der Waals surface area contributed by atoms with Gasteiger partial charge in [-0.15, -0.1) is 0 Å². The number of benzene rings is 4. The highest BCUT2D eigenvalue weighted by atomic mass is 35.5. The van der Waals surface area contributed by atoms with E-state index in [2.05, 4.69) is 5.32 Å². The summed E-state index contributed by atoms with van der Waals surface area (Å²) in [4.78, 5) is 15.0. The van der Waals surface area contributed by atoms with E-state index in [4.69, 9.17) is 16.3 Å². The fourth-order valence-corrected chi connectivity index (χ4v) is 3.97. The van der Waals surface area contributed by atoms with Crippen LogP contribution in [-0.2, 0) is 6.61 Å². The largest absolute Gasteiger partial charge is 0.489 e. The van der Waals surface area contributed by atoms with Crippen LogP contribution in [0.25, 0.3) is 0 Å². The van der Waals surface area contributed by atoms with Gasteiger partial charge in [0.15, 0.2) is 0 Å². The summed E-state index contributed by atoms with van der Waals surface area (Å²) in [5.41, 5.74) is 3.83. The van der Waals surface area contributed by atoms with E-state index in [1.807, 2.05) is 66.7 Å². The van der Waals surface area contributed by atoms with Crippen LogP contribution >= 0.6 is 11.6 Å². The molecule has 4 nitrogen and oxygen atoms in total. The number of rotatable bonds is 5. The fraction of sp³-hybridized carbons (Fsp3) is 0.0741. The molecule has 0 fully saturated rings. The SMILES string of the molecule is O=C1c2ccccc2N[C@@H](c2ccc(OCc3ccc(Cl)cc3)cc2)N1c1ccc(F)cc1. The third-order valence-corrected chi connectivity index (χ3v) is 5.80. The molecule has 0 radical (unpaired) electrons. The van der Waals surface area contributed by atoms with E-state index in [1.165, 1.54) is 12.1 Å². The van der Waals surface area contributed by atoms with Crippen molar-refractivity contribution in [3.63, 3.8) is 0 Å². The van der Waals surface area contributed by atoms with Gasteiger partial charge in [0.05, 0.1) is 5.56 Å². The van der Waals surface area contributed by atoms with Crippen molar-refractivity contribution in [2.45, 2.75) is 12.8 Å². The van der Waals surface area contributed by atoms with Crippen LogP contribution in [0.1, 0.15) is 27.7 Å². The first-order valence-electron chi connectivity index (χ1n) is 10.5. The molecule has 1 aliphatic heterocycles. The van der Waals surface area contributed by atoms with Crippen molar-refractivity contribution in [2.24, 2.45) is 0 Å². The van der Waals surface area contributed by atoms with Crippen molar-refractivity contribution in [1.29, 1.82) is 0 Å². The number of anilines is 2. The number of carbonyl (C=O) groups excluding carboxylic acids is 1. The molecule has 1 atom stereocenters. The number of nitrogens with one attached hydrogen (secondary N) is 1. The van der Waals surface area contributed by atoms with Crippen molar-refractivity contribution in [2.75, 3.05) is 10.2 Å². The van der Waals surface area contributed by atoms with Crippen LogP contribution in [0.5, 0.6) is 5.75 Å². The van der Waals surface area contributed by atoms with E-state index < -0.39 is 6.17 Å². The predicted molar refractivity (Wildman–Crippen MR) is 128 cm³/mol. The van der Waals surface area contributed by atoms with Gasteiger partial charge < -0.3 is 10.1 Å². The predicted octanol–water partition coefficient (Wildman–Crippen LogP) is 6.83. The van der Waals surface area contributed by atoms with Crippen LogP contribution in [0.3, 0.4) is 0 Å². The third kappa shape index (κ3) is 4.41. The number of hydrogen-bond donors (Lipinski definition) is 1. The average molecular weight is 459 g/mol. The topological polar surface area (TPSA) is 41.6 Å². The molecule has 4 aromatic rings. The molecule has 1 heterocycles. The molecule has 0 bridgehead atoms. The first-order valence-corrected chi connectivity index (χ1v) is 10.9. The van der Waals surface area contributed by atoms with Crippen LogP contribution in [0.2, 0.25) is 5.02 Å². The molecule has 1 N–H and O–H groups in total. The molecule has 0 aromatic heterocycles. The Hall–Kier alpha value is -3.83. The molecule has 1 aliphatic rings. The standard InChI is InChI=1S/C27H20ClFN2O2/c28-20-9-5-18(6-10-20)17-33-23-15-7-19(8-16-23)26-30-25-4-2-1-3-24(25)27(32)31(26)22-13-11-21(29)12-14-22/h1-16,26,30H,17H2/t26-/m1/s1. The highest BCUT2D eigenvalue weighted by Crippen LogP contribution is 2.37. The van der Waals surface area contributed by atoms with Crippen LogP contribution in [0.15, 0.2) is 97.1 Å². The van der Waals surface area contributed by atoms with E-state index >= 15 is 0 Å². The fourth-order valence-electron chi connectivity index (χ4n) is 3.85. The molecule has 6 heteroatoms. The summed E-state index contributed by atoms with van der Waals surface area (Å²) < 4.78 is 19.4. The monoisotopic (exact) mass is 458 g/mol. The number of carbonyl (C=O) groups is 1. The normalized spacial score (nSPS) is 15.0. The van der Waals surface area contributed by atoms with Gasteiger partial charge in [-0.2, -0.15) is 0 Å². The highest BCUT2D eigenvalue weighted by molar-refractivity contribution is 6.30. The summed E-state index contributed by atoms with van der Waals surface area (Å²) in [6, 6.07) is 28.4. The molecule has 0 spiro atoms. The van der Waals surface area contributed by atoms with Crippen molar-refractivity contribution in [1.82, 2.24) is 0 Å². The molecule has 4 aromatic carbocycles. The first-order chi connectivity index (χ1) is 16.1. The number of hydrogen-bond acceptors (Lipinski definition) is 3. The summed E-state index contributed by atoms with van der Waals surface area (Å²) in [7, 11) is 0. The third-order valence-electron chi connectivity index (χ3n) is 5.55. The molecule has 5 rings (SSSR count). The highest BCUT2D eigenvalue weighted by Gasteiger charge is 2.34. The van der Waals surface area contributed by atoms with Crippen molar-refractivity contribution >= 4 is 28.9 Å². The van der Waals surface area contributed by atoms with Crippen molar-refractivity contribution in [3.05, 3.63) is 125 Å². The smallest absolute Gasteiger partial charge is 0.262 e. The molecule has 0 saturated heterocycles. The van der Waals surface area contributed by atoms with Gasteiger partial charge in [-0.1, -0.05) is 48.0 Å². The maximum absolute atomic E-state index is 13.5. The number of nitrogens with zero attached hydrogens (tertiary/aromatic N) is 1. The quantitative estimate of drug-likeness (QED) is 0.356. The second-order valence-electron chi connectivity index (χ2n) is 7.73. The van der Waals surface area contributed by atoms with Gasteiger partial charge in [-0.3, -0.25) is 9.69 Å². The molecule has 33 heavy (non-hydrogen) atoms. The average Bonchev–Trinajstić information content (AvgIpc) is 2.85. The lowest BCUT2D eigenvalue weighted by atomic mass is 10.0. The van der Waals surface area contributed by atoms with Gasteiger partial charge in [0.2, 0.25) is 0 Å².